The monoisotopic (exact) mass is 1310 g/mol. The standard InChI is InChI=1S/C60H80N12O15S.2ClH/c1-31-29-72-50(51(31)79)56(84)62-28-39(74)26-41(63-52(80)34-9-11-35(12-10-34)57-67-68-58(88-57)36-13-15-38(16-14-36)70-22-20-69(21-23-70)37-6-4-5-7-37)53(81)64-47(32(2)73)59(85)71-30-40(75)27-42(71)54(82)65-48(55(83)66-49(60(72)86)44(77)18-19-61)45(78)24-33-8-17-43(76)46(25-33)87-3;;/h8-17,25,31-32,37,39-42,44-45,47-51,73-79H,4-7,18-24,26-30,61H2,1-3H3,(H,62,84)(H,63,80)(H,64,81)(H,65,82)(H,66,83);2*1H/t31-,32+,39+,40+,41-,42-,44+,45+,47-,48-,49-,50-,51-;;/m0../s1. The lowest BCUT2D eigenvalue weighted by Crippen LogP contribution is -2.64. The second kappa shape index (κ2) is 31.5. The Bertz CT molecular complexity index is 3140. The summed E-state index contributed by atoms with van der Waals surface area (Å²) in [6.07, 6.45) is -6.50. The highest BCUT2D eigenvalue weighted by molar-refractivity contribution is 7.17. The van der Waals surface area contributed by atoms with Crippen LogP contribution in [0.15, 0.2) is 66.7 Å². The van der Waals surface area contributed by atoms with Gasteiger partial charge in [-0.25, -0.2) is 0 Å². The van der Waals surface area contributed by atoms with Crippen LogP contribution in [-0.2, 0) is 35.2 Å². The molecular formula is C60H82Cl2N12O15S. The van der Waals surface area contributed by atoms with Crippen LogP contribution in [0.3, 0.4) is 0 Å². The van der Waals surface area contributed by atoms with Crippen molar-refractivity contribution in [1.29, 1.82) is 0 Å². The first-order chi connectivity index (χ1) is 42.1. The first-order valence-corrected chi connectivity index (χ1v) is 30.7. The highest BCUT2D eigenvalue weighted by Gasteiger charge is 2.50. The van der Waals surface area contributed by atoms with Crippen molar-refractivity contribution in [2.75, 3.05) is 64.4 Å². The Morgan fingerprint density at radius 2 is 1.36 bits per heavy atom. The van der Waals surface area contributed by atoms with E-state index in [1.807, 2.05) is 12.1 Å². The van der Waals surface area contributed by atoms with Crippen LogP contribution in [0.25, 0.3) is 21.1 Å². The second-order valence-corrected chi connectivity index (χ2v) is 24.6. The summed E-state index contributed by atoms with van der Waals surface area (Å²) in [4.78, 5) is 108. The fraction of sp³-hybridized carbons (Fsp3) is 0.550. The summed E-state index contributed by atoms with van der Waals surface area (Å²) in [5.74, 6) is -8.49. The molecule has 0 bridgehead atoms. The number of nitrogens with one attached hydrogen (secondary N) is 5. The summed E-state index contributed by atoms with van der Waals surface area (Å²) in [5, 5.41) is 101. The SMILES string of the molecule is COc1cc(C[C@@H](O)[C@@H]2NC(=O)[C@@H]3C[C@@H](O)CN3C(=O)[C@H]([C@@H](C)O)NC(=O)[C@@H](NC(=O)c3ccc(-c4nnc(-c5ccc(N6CCN(C7CCCC7)CC6)cc5)s4)cc3)C[C@@H](O)CNC(=O)[C@@H]3[C@@H](O)[C@@H](C)CN3C(=O)[C@H]([C@H](O)CCN)NC2=O)ccc1O.Cl.Cl. The molecule has 14 N–H and O–H groups in total. The van der Waals surface area contributed by atoms with Gasteiger partial charge < -0.3 is 87.5 Å². The molecule has 1 saturated carbocycles. The van der Waals surface area contributed by atoms with E-state index in [0.717, 1.165) is 54.2 Å². The van der Waals surface area contributed by atoms with Gasteiger partial charge in [0.2, 0.25) is 35.4 Å². The number of fused-ring (bicyclic) bond motifs is 2. The highest BCUT2D eigenvalue weighted by Crippen LogP contribution is 2.33. The molecule has 30 heteroatoms. The van der Waals surface area contributed by atoms with Crippen LogP contribution in [0.5, 0.6) is 11.5 Å². The third kappa shape index (κ3) is 16.4. The summed E-state index contributed by atoms with van der Waals surface area (Å²) in [7, 11) is 1.28. The molecule has 0 spiro atoms. The average Bonchev–Trinajstić information content (AvgIpc) is 1.99. The van der Waals surface area contributed by atoms with E-state index in [0.29, 0.717) is 21.6 Å². The summed E-state index contributed by atoms with van der Waals surface area (Å²) in [6.45, 7) is 5.07. The second-order valence-electron chi connectivity index (χ2n) is 23.6. The van der Waals surface area contributed by atoms with Crippen LogP contribution in [0.2, 0.25) is 0 Å². The van der Waals surface area contributed by atoms with Crippen molar-refractivity contribution in [1.82, 2.24) is 51.5 Å². The lowest BCUT2D eigenvalue weighted by atomic mass is 9.98. The zero-order valence-corrected chi connectivity index (χ0v) is 52.6. The molecule has 4 aromatic rings. The number of β-amino-alcohol motifs (C(OH)–C–C–N with tert-alkyl or cyclic N) is 1. The van der Waals surface area contributed by atoms with Gasteiger partial charge in [0.05, 0.1) is 43.7 Å². The van der Waals surface area contributed by atoms with E-state index in [4.69, 9.17) is 10.5 Å². The number of hydrogen-bond donors (Lipinski definition) is 13. The van der Waals surface area contributed by atoms with Crippen molar-refractivity contribution >= 4 is 83.2 Å². The first kappa shape index (κ1) is 70.6. The normalized spacial score (nSPS) is 27.1. The van der Waals surface area contributed by atoms with Crippen molar-refractivity contribution < 1.29 is 74.0 Å². The molecule has 5 heterocycles. The lowest BCUT2D eigenvalue weighted by Gasteiger charge is -2.39. The zero-order chi connectivity index (χ0) is 63.1. The van der Waals surface area contributed by atoms with E-state index < -0.39 is 152 Å². The van der Waals surface area contributed by atoms with Gasteiger partial charge in [0.25, 0.3) is 5.91 Å². The molecule has 0 radical (unpaired) electrons. The number of benzene rings is 3. The van der Waals surface area contributed by atoms with Crippen LogP contribution < -0.4 is 42.0 Å². The predicted octanol–water partition coefficient (Wildman–Crippen LogP) is -1.21. The number of phenols is 1. The molecule has 4 aliphatic heterocycles. The number of amides is 7. The minimum atomic E-state index is -2.02. The number of rotatable bonds is 14. The van der Waals surface area contributed by atoms with E-state index >= 15 is 0 Å². The van der Waals surface area contributed by atoms with E-state index in [2.05, 4.69) is 58.7 Å². The molecule has 9 rings (SSSR count). The Labute approximate surface area is 536 Å². The molecule has 7 amide bonds. The Kier molecular flexibility index (Phi) is 24.7. The van der Waals surface area contributed by atoms with E-state index in [1.165, 1.54) is 74.5 Å². The van der Waals surface area contributed by atoms with Crippen LogP contribution in [0.4, 0.5) is 5.69 Å². The summed E-state index contributed by atoms with van der Waals surface area (Å²) in [6, 6.07) is 8.36. The predicted molar refractivity (Wildman–Crippen MR) is 335 cm³/mol. The number of aromatic hydroxyl groups is 1. The van der Waals surface area contributed by atoms with E-state index in [9.17, 15) is 69.3 Å². The molecule has 5 aliphatic rings. The maximum Gasteiger partial charge on any atom is 0.251 e. The number of carbonyl (C=O) groups is 7. The smallest absolute Gasteiger partial charge is 0.251 e. The first-order valence-electron chi connectivity index (χ1n) is 29.9. The van der Waals surface area contributed by atoms with Crippen LogP contribution >= 0.6 is 36.2 Å². The quantitative estimate of drug-likeness (QED) is 0.0705. The molecule has 27 nitrogen and oxygen atoms in total. The number of hydrogen-bond acceptors (Lipinski definition) is 21. The number of aliphatic hydroxyl groups excluding tert-OH is 6. The van der Waals surface area contributed by atoms with Crippen molar-refractivity contribution in [3.63, 3.8) is 0 Å². The fourth-order valence-electron chi connectivity index (χ4n) is 12.4. The van der Waals surface area contributed by atoms with Crippen molar-refractivity contribution in [2.24, 2.45) is 11.7 Å². The number of aliphatic hydroxyl groups is 6. The van der Waals surface area contributed by atoms with Gasteiger partial charge in [-0.2, -0.15) is 0 Å². The van der Waals surface area contributed by atoms with Gasteiger partial charge in [-0.05, 0) is 86.8 Å². The maximum absolute atomic E-state index is 14.7. The maximum atomic E-state index is 14.7. The van der Waals surface area contributed by atoms with Gasteiger partial charge in [0, 0.05) is 99.4 Å². The molecule has 5 fully saturated rings. The van der Waals surface area contributed by atoms with Crippen molar-refractivity contribution in [3.05, 3.63) is 77.9 Å². The Morgan fingerprint density at radius 3 is 1.98 bits per heavy atom. The number of phenolic OH excluding ortho intramolecular Hbond substituents is 1. The molecule has 13 atom stereocenters. The summed E-state index contributed by atoms with van der Waals surface area (Å²) in [5.41, 5.74) is 8.79. The molecule has 1 aliphatic carbocycles. The molecule has 1 aromatic heterocycles. The van der Waals surface area contributed by atoms with Crippen molar-refractivity contribution in [2.45, 2.75) is 144 Å². The molecular weight excluding hydrogens is 1230 g/mol. The van der Waals surface area contributed by atoms with E-state index in [-0.39, 0.29) is 67.0 Å². The van der Waals surface area contributed by atoms with Crippen LogP contribution in [-0.4, -0.2) is 240 Å². The summed E-state index contributed by atoms with van der Waals surface area (Å²) >= 11 is 1.35. The minimum Gasteiger partial charge on any atom is -0.504 e. The fourth-order valence-corrected chi connectivity index (χ4v) is 13.2. The molecule has 3 aromatic carbocycles. The number of aromatic nitrogens is 2. The molecule has 4 saturated heterocycles. The van der Waals surface area contributed by atoms with Crippen LogP contribution in [0.1, 0.15) is 74.7 Å². The zero-order valence-electron chi connectivity index (χ0n) is 50.1. The van der Waals surface area contributed by atoms with Crippen LogP contribution in [0, 0.1) is 5.92 Å². The Balaban J connectivity index is 0.00000576. The lowest BCUT2D eigenvalue weighted by molar-refractivity contribution is -0.147. The number of ether oxygens (including phenoxy) is 1. The average molecular weight is 1310 g/mol. The Morgan fingerprint density at radius 1 is 0.744 bits per heavy atom. The largest absolute Gasteiger partial charge is 0.504 e. The number of methoxy groups -OCH3 is 1. The molecule has 90 heavy (non-hydrogen) atoms. The number of anilines is 1. The number of carbonyl (C=O) groups excluding carboxylic acids is 7. The minimum absolute atomic E-state index is 0. The Hall–Kier alpha value is -6.83. The van der Waals surface area contributed by atoms with E-state index in [1.54, 1.807) is 19.1 Å². The van der Waals surface area contributed by atoms with Gasteiger partial charge in [0.1, 0.15) is 46.3 Å². The number of piperazine rings is 1. The topological polar surface area (TPSA) is 395 Å². The van der Waals surface area contributed by atoms with Gasteiger partial charge in [-0.15, -0.1) is 35.0 Å². The number of halogens is 2. The third-order valence-electron chi connectivity index (χ3n) is 17.3. The number of nitrogens with two attached hydrogens (primary N) is 1. The molecule has 492 valence electrons. The van der Waals surface area contributed by atoms with Gasteiger partial charge in [-0.3, -0.25) is 38.5 Å². The third-order valence-corrected chi connectivity index (χ3v) is 18.4. The van der Waals surface area contributed by atoms with Gasteiger partial charge >= 0.3 is 0 Å². The van der Waals surface area contributed by atoms with Gasteiger partial charge in [-0.1, -0.05) is 49.3 Å². The van der Waals surface area contributed by atoms with Crippen molar-refractivity contribution in [3.8, 4) is 32.6 Å². The number of nitrogens with zero attached hydrogens (tertiary/aromatic N) is 6. The highest BCUT2D eigenvalue weighted by atomic mass is 35.5. The molecule has 0 unspecified atom stereocenters. The van der Waals surface area contributed by atoms with Gasteiger partial charge in [0.15, 0.2) is 11.5 Å². The summed E-state index contributed by atoms with van der Waals surface area (Å²) < 4.78 is 5.20.